The van der Waals surface area contributed by atoms with Gasteiger partial charge in [0.05, 0.1) is 5.38 Å². The molecule has 1 unspecified atom stereocenters. The number of alkyl halides is 1. The van der Waals surface area contributed by atoms with E-state index >= 15 is 0 Å². The van der Waals surface area contributed by atoms with Gasteiger partial charge in [0.25, 0.3) is 5.91 Å². The summed E-state index contributed by atoms with van der Waals surface area (Å²) in [5.41, 5.74) is 0. The van der Waals surface area contributed by atoms with Gasteiger partial charge in [-0.3, -0.25) is 9.59 Å². The van der Waals surface area contributed by atoms with Gasteiger partial charge < -0.3 is 5.32 Å². The second kappa shape index (κ2) is 4.34. The van der Waals surface area contributed by atoms with E-state index in [4.69, 9.17) is 11.6 Å². The molecule has 64 valence electrons. The lowest BCUT2D eigenvalue weighted by molar-refractivity contribution is -0.137. The van der Waals surface area contributed by atoms with Crippen molar-refractivity contribution in [2.24, 2.45) is 0 Å². The van der Waals surface area contributed by atoms with Gasteiger partial charge in [0, 0.05) is 6.04 Å². The molecule has 1 amide bonds. The van der Waals surface area contributed by atoms with Crippen molar-refractivity contribution in [2.75, 3.05) is 0 Å². The van der Waals surface area contributed by atoms with E-state index in [-0.39, 0.29) is 6.04 Å². The Morgan fingerprint density at radius 2 is 1.73 bits per heavy atom. The first-order valence-corrected chi connectivity index (χ1v) is 3.87. The highest BCUT2D eigenvalue weighted by Crippen LogP contribution is 1.95. The summed E-state index contributed by atoms with van der Waals surface area (Å²) < 4.78 is 0. The third kappa shape index (κ3) is 3.98. The Balaban J connectivity index is 3.94. The van der Waals surface area contributed by atoms with Crippen molar-refractivity contribution >= 4 is 23.3 Å². The third-order valence-electron chi connectivity index (χ3n) is 1.00. The topological polar surface area (TPSA) is 46.2 Å². The molecule has 0 saturated carbocycles. The lowest BCUT2D eigenvalue weighted by Gasteiger charge is -2.07. The van der Waals surface area contributed by atoms with Crippen LogP contribution < -0.4 is 5.32 Å². The second-order valence-corrected chi connectivity index (χ2v) is 3.26. The summed E-state index contributed by atoms with van der Waals surface area (Å²) in [6, 6.07) is -0.0260. The number of amides is 1. The van der Waals surface area contributed by atoms with Gasteiger partial charge in [0.15, 0.2) is 0 Å². The monoisotopic (exact) mass is 177 g/mol. The number of hydrogen-bond acceptors (Lipinski definition) is 2. The van der Waals surface area contributed by atoms with Crippen LogP contribution in [0, 0.1) is 0 Å². The molecule has 0 heterocycles. The predicted molar refractivity (Wildman–Crippen MR) is 43.6 cm³/mol. The molecule has 0 aliphatic carbocycles. The maximum absolute atomic E-state index is 10.8. The van der Waals surface area contributed by atoms with Crippen molar-refractivity contribution in [3.63, 3.8) is 0 Å². The summed E-state index contributed by atoms with van der Waals surface area (Å²) in [4.78, 5) is 21.7. The van der Waals surface area contributed by atoms with Gasteiger partial charge in [0.2, 0.25) is 5.78 Å². The molecule has 0 rings (SSSR count). The van der Waals surface area contributed by atoms with Gasteiger partial charge in [-0.2, -0.15) is 0 Å². The molecule has 0 saturated heterocycles. The molecule has 0 radical (unpaired) electrons. The lowest BCUT2D eigenvalue weighted by Crippen LogP contribution is -2.38. The first-order valence-electron chi connectivity index (χ1n) is 3.44. The molecule has 3 nitrogen and oxygen atoms in total. The van der Waals surface area contributed by atoms with Crippen LogP contribution in [0.1, 0.15) is 20.8 Å². The lowest BCUT2D eigenvalue weighted by atomic mass is 10.2. The average Bonchev–Trinajstić information content (AvgIpc) is 1.84. The highest BCUT2D eigenvalue weighted by Gasteiger charge is 2.18. The van der Waals surface area contributed by atoms with Crippen LogP contribution in [0.15, 0.2) is 0 Å². The van der Waals surface area contributed by atoms with Crippen molar-refractivity contribution in [3.8, 4) is 0 Å². The molecule has 0 aromatic carbocycles. The summed E-state index contributed by atoms with van der Waals surface area (Å²) in [5.74, 6) is -1.19. The molecule has 0 spiro atoms. The summed E-state index contributed by atoms with van der Waals surface area (Å²) >= 11 is 5.40. The van der Waals surface area contributed by atoms with Crippen LogP contribution >= 0.6 is 11.6 Å². The normalized spacial score (nSPS) is 12.8. The first-order chi connectivity index (χ1) is 4.95. The van der Waals surface area contributed by atoms with Crippen molar-refractivity contribution < 1.29 is 9.59 Å². The fourth-order valence-corrected chi connectivity index (χ4v) is 0.613. The smallest absolute Gasteiger partial charge is 0.289 e. The average molecular weight is 178 g/mol. The van der Waals surface area contributed by atoms with Gasteiger partial charge in [-0.1, -0.05) is 0 Å². The van der Waals surface area contributed by atoms with E-state index in [9.17, 15) is 9.59 Å². The van der Waals surface area contributed by atoms with Crippen LogP contribution in [0.2, 0.25) is 0 Å². The summed E-state index contributed by atoms with van der Waals surface area (Å²) in [6.45, 7) is 5.04. The number of carbonyl (C=O) groups excluding carboxylic acids is 2. The van der Waals surface area contributed by atoms with E-state index in [1.54, 1.807) is 13.8 Å². The largest absolute Gasteiger partial charge is 0.347 e. The summed E-state index contributed by atoms with van der Waals surface area (Å²) in [6.07, 6.45) is 0. The van der Waals surface area contributed by atoms with Crippen molar-refractivity contribution in [2.45, 2.75) is 32.2 Å². The Bertz CT molecular complexity index is 166. The Kier molecular flexibility index (Phi) is 4.11. The number of rotatable bonds is 3. The molecule has 0 fully saturated rings. The van der Waals surface area contributed by atoms with Gasteiger partial charge in [-0.25, -0.2) is 0 Å². The van der Waals surface area contributed by atoms with Crippen LogP contribution in [0.3, 0.4) is 0 Å². The van der Waals surface area contributed by atoms with E-state index in [0.717, 1.165) is 0 Å². The van der Waals surface area contributed by atoms with E-state index in [1.165, 1.54) is 6.92 Å². The molecule has 1 N–H and O–H groups in total. The summed E-state index contributed by atoms with van der Waals surface area (Å²) in [7, 11) is 0. The Morgan fingerprint density at radius 1 is 1.27 bits per heavy atom. The molecule has 0 aromatic heterocycles. The van der Waals surface area contributed by atoms with Crippen molar-refractivity contribution in [1.29, 1.82) is 0 Å². The van der Waals surface area contributed by atoms with E-state index in [1.807, 2.05) is 0 Å². The SMILES string of the molecule is CC(C)NC(=O)C(=O)C(C)Cl. The zero-order chi connectivity index (χ0) is 9.02. The Labute approximate surface area is 71.1 Å². The quantitative estimate of drug-likeness (QED) is 0.510. The molecule has 1 atom stereocenters. The van der Waals surface area contributed by atoms with Crippen LogP contribution in [0.5, 0.6) is 0 Å². The minimum atomic E-state index is -0.742. The van der Waals surface area contributed by atoms with Crippen LogP contribution in [-0.4, -0.2) is 23.1 Å². The molecule has 4 heteroatoms. The highest BCUT2D eigenvalue weighted by atomic mass is 35.5. The molecule has 0 aliphatic heterocycles. The van der Waals surface area contributed by atoms with Crippen LogP contribution in [0.25, 0.3) is 0 Å². The predicted octanol–water partition coefficient (Wildman–Crippen LogP) is 0.707. The van der Waals surface area contributed by atoms with Gasteiger partial charge in [-0.05, 0) is 20.8 Å². The van der Waals surface area contributed by atoms with Crippen molar-refractivity contribution in [1.82, 2.24) is 5.32 Å². The van der Waals surface area contributed by atoms with Gasteiger partial charge in [-0.15, -0.1) is 11.6 Å². The number of Topliss-reactive ketones (excluding diaryl/α,β-unsaturated/α-hetero) is 1. The number of hydrogen-bond donors (Lipinski definition) is 1. The van der Waals surface area contributed by atoms with E-state index in [0.29, 0.717) is 0 Å². The fourth-order valence-electron chi connectivity index (χ4n) is 0.514. The third-order valence-corrected chi connectivity index (χ3v) is 1.20. The molecule has 11 heavy (non-hydrogen) atoms. The zero-order valence-corrected chi connectivity index (χ0v) is 7.61. The van der Waals surface area contributed by atoms with E-state index in [2.05, 4.69) is 5.32 Å². The number of ketones is 1. The Morgan fingerprint density at radius 3 is 2.00 bits per heavy atom. The second-order valence-electron chi connectivity index (χ2n) is 2.61. The maximum atomic E-state index is 10.8. The number of carbonyl (C=O) groups is 2. The number of nitrogens with one attached hydrogen (secondary N) is 1. The Hall–Kier alpha value is -0.570. The number of halogens is 1. The standard InChI is InChI=1S/C7H12ClNO2/c1-4(2)9-7(11)6(10)5(3)8/h4-5H,1-3H3,(H,9,11). The minimum absolute atomic E-state index is 0.0260. The molecule has 0 bridgehead atoms. The molecular weight excluding hydrogens is 166 g/mol. The maximum Gasteiger partial charge on any atom is 0.289 e. The summed E-state index contributed by atoms with van der Waals surface area (Å²) in [5, 5.41) is 1.71. The van der Waals surface area contributed by atoms with Crippen molar-refractivity contribution in [3.05, 3.63) is 0 Å². The molecular formula is C7H12ClNO2. The zero-order valence-electron chi connectivity index (χ0n) is 6.85. The van der Waals surface area contributed by atoms with Gasteiger partial charge >= 0.3 is 0 Å². The molecule has 0 aromatic rings. The van der Waals surface area contributed by atoms with Crippen LogP contribution in [-0.2, 0) is 9.59 Å². The highest BCUT2D eigenvalue weighted by molar-refractivity contribution is 6.48. The van der Waals surface area contributed by atoms with Gasteiger partial charge in [0.1, 0.15) is 0 Å². The van der Waals surface area contributed by atoms with Crippen LogP contribution in [0.4, 0.5) is 0 Å². The first kappa shape index (κ1) is 10.4. The fraction of sp³-hybridized carbons (Fsp3) is 0.714. The minimum Gasteiger partial charge on any atom is -0.347 e. The van der Waals surface area contributed by atoms with E-state index < -0.39 is 17.1 Å². The molecule has 0 aliphatic rings.